The fraction of sp³-hybridized carbons (Fsp3) is 0.864. The number of unbranched alkanes of at least 4 members (excludes halogenated alkanes) is 7. The molecule has 2 bridgehead atoms. The number of fused-ring (bicyclic) bond motifs is 2. The van der Waals surface area contributed by atoms with Crippen molar-refractivity contribution in [2.24, 2.45) is 0 Å². The highest BCUT2D eigenvalue weighted by atomic mass is 16.8. The summed E-state index contributed by atoms with van der Waals surface area (Å²) in [5, 5.41) is 32.4. The minimum absolute atomic E-state index is 0.0892. The van der Waals surface area contributed by atoms with Crippen LogP contribution in [0.5, 0.6) is 0 Å². The lowest BCUT2D eigenvalue weighted by molar-refractivity contribution is -0.333. The number of rotatable bonds is 13. The maximum absolute atomic E-state index is 12.7. The number of cyclic esters (lactones) is 1. The zero-order chi connectivity index (χ0) is 23.7. The molecular weight excluding hydrogens is 422 g/mol. The van der Waals surface area contributed by atoms with E-state index in [1.807, 2.05) is 0 Å². The molecule has 0 aliphatic carbocycles. The van der Waals surface area contributed by atoms with Crippen molar-refractivity contribution in [3.05, 3.63) is 0 Å². The van der Waals surface area contributed by atoms with E-state index in [1.54, 1.807) is 0 Å². The summed E-state index contributed by atoms with van der Waals surface area (Å²) < 4.78 is 16.3. The smallest absolute Gasteiger partial charge is 0.380 e. The van der Waals surface area contributed by atoms with E-state index in [1.165, 1.54) is 32.6 Å². The number of aliphatic hydroxyl groups excluding tert-OH is 3. The van der Waals surface area contributed by atoms with Gasteiger partial charge in [0.1, 0.15) is 12.2 Å². The second-order valence-corrected chi connectivity index (χ2v) is 8.65. The van der Waals surface area contributed by atoms with Gasteiger partial charge in [-0.05, 0) is 6.42 Å². The van der Waals surface area contributed by atoms with Crippen LogP contribution in [0.3, 0.4) is 0 Å². The molecule has 32 heavy (non-hydrogen) atoms. The zero-order valence-corrected chi connectivity index (χ0v) is 19.0. The van der Waals surface area contributed by atoms with E-state index in [-0.39, 0.29) is 6.42 Å². The average Bonchev–Trinajstić information content (AvgIpc) is 2.74. The van der Waals surface area contributed by atoms with Crippen molar-refractivity contribution in [2.75, 3.05) is 6.61 Å². The monoisotopic (exact) mass is 459 g/mol. The SMILES string of the molecule is CCCCCCCCCCC(=O)O[C@@]12C[C@H](O)[C@@H](NC(C)=O)[C@@H](O1)[C@@H]([C@H](O)CO)OC2=O. The Balaban J connectivity index is 1.96. The lowest BCUT2D eigenvalue weighted by atomic mass is 9.86. The molecule has 184 valence electrons. The first-order valence-corrected chi connectivity index (χ1v) is 11.6. The number of ether oxygens (including phenoxy) is 3. The first kappa shape index (κ1) is 26.5. The highest BCUT2D eigenvalue weighted by molar-refractivity contribution is 5.83. The van der Waals surface area contributed by atoms with E-state index < -0.39 is 67.1 Å². The molecule has 2 fully saturated rings. The van der Waals surface area contributed by atoms with Crippen molar-refractivity contribution in [1.82, 2.24) is 5.32 Å². The summed E-state index contributed by atoms with van der Waals surface area (Å²) in [4.78, 5) is 36.6. The molecule has 2 aliphatic rings. The number of amides is 1. The fourth-order valence-electron chi connectivity index (χ4n) is 4.21. The van der Waals surface area contributed by atoms with Crippen LogP contribution in [0.1, 0.15) is 78.1 Å². The van der Waals surface area contributed by atoms with Crippen LogP contribution in [-0.2, 0) is 28.6 Å². The van der Waals surface area contributed by atoms with E-state index in [2.05, 4.69) is 12.2 Å². The van der Waals surface area contributed by atoms with Crippen molar-refractivity contribution < 1.29 is 43.9 Å². The largest absolute Gasteiger partial charge is 0.452 e. The third kappa shape index (κ3) is 6.87. The second kappa shape index (κ2) is 12.5. The zero-order valence-electron chi connectivity index (χ0n) is 19.0. The molecule has 0 aromatic carbocycles. The van der Waals surface area contributed by atoms with Gasteiger partial charge in [-0.15, -0.1) is 0 Å². The first-order valence-electron chi connectivity index (χ1n) is 11.6. The van der Waals surface area contributed by atoms with E-state index in [0.29, 0.717) is 6.42 Å². The normalized spacial score (nSPS) is 30.3. The predicted molar refractivity (Wildman–Crippen MR) is 112 cm³/mol. The summed E-state index contributed by atoms with van der Waals surface area (Å²) >= 11 is 0. The first-order chi connectivity index (χ1) is 15.2. The Morgan fingerprint density at radius 3 is 2.41 bits per heavy atom. The Labute approximate surface area is 188 Å². The van der Waals surface area contributed by atoms with Gasteiger partial charge in [0.2, 0.25) is 5.91 Å². The molecule has 0 aromatic heterocycles. The van der Waals surface area contributed by atoms with Gasteiger partial charge in [0.15, 0.2) is 6.10 Å². The van der Waals surface area contributed by atoms with Crippen molar-refractivity contribution in [3.8, 4) is 0 Å². The van der Waals surface area contributed by atoms with Gasteiger partial charge in [0.05, 0.1) is 25.2 Å². The van der Waals surface area contributed by atoms with Crippen molar-refractivity contribution in [3.63, 3.8) is 0 Å². The number of aliphatic hydroxyl groups is 3. The molecule has 6 atom stereocenters. The third-order valence-electron chi connectivity index (χ3n) is 5.90. The quantitative estimate of drug-likeness (QED) is 0.230. The minimum Gasteiger partial charge on any atom is -0.452 e. The van der Waals surface area contributed by atoms with E-state index in [9.17, 15) is 29.7 Å². The highest BCUT2D eigenvalue weighted by Crippen LogP contribution is 2.39. The Kier molecular flexibility index (Phi) is 10.3. The lowest BCUT2D eigenvalue weighted by Gasteiger charge is -2.51. The van der Waals surface area contributed by atoms with Gasteiger partial charge < -0.3 is 34.8 Å². The van der Waals surface area contributed by atoms with Crippen LogP contribution in [0, 0.1) is 0 Å². The molecule has 0 unspecified atom stereocenters. The number of hydrogen-bond donors (Lipinski definition) is 4. The van der Waals surface area contributed by atoms with Crippen LogP contribution >= 0.6 is 0 Å². The summed E-state index contributed by atoms with van der Waals surface area (Å²) in [5.41, 5.74) is 0. The molecule has 1 amide bonds. The lowest BCUT2D eigenvalue weighted by Crippen LogP contribution is -2.72. The molecule has 0 aromatic rings. The molecule has 2 saturated heterocycles. The average molecular weight is 460 g/mol. The number of carbonyl (C=O) groups excluding carboxylic acids is 3. The van der Waals surface area contributed by atoms with Gasteiger partial charge in [0.25, 0.3) is 0 Å². The summed E-state index contributed by atoms with van der Waals surface area (Å²) in [5.74, 6) is -4.33. The van der Waals surface area contributed by atoms with Crippen LogP contribution in [-0.4, -0.2) is 76.0 Å². The minimum atomic E-state index is -2.15. The fourth-order valence-corrected chi connectivity index (χ4v) is 4.21. The van der Waals surface area contributed by atoms with Gasteiger partial charge in [-0.1, -0.05) is 51.9 Å². The van der Waals surface area contributed by atoms with Crippen LogP contribution in [0.4, 0.5) is 0 Å². The summed E-state index contributed by atoms with van der Waals surface area (Å²) in [6, 6.07) is -1.02. The molecule has 4 N–H and O–H groups in total. The van der Waals surface area contributed by atoms with E-state index in [4.69, 9.17) is 14.2 Å². The van der Waals surface area contributed by atoms with Crippen LogP contribution in [0.2, 0.25) is 0 Å². The summed E-state index contributed by atoms with van der Waals surface area (Å²) in [6.45, 7) is 2.68. The highest BCUT2D eigenvalue weighted by Gasteiger charge is 2.63. The third-order valence-corrected chi connectivity index (χ3v) is 5.90. The second-order valence-electron chi connectivity index (χ2n) is 8.65. The maximum atomic E-state index is 12.7. The van der Waals surface area contributed by atoms with Gasteiger partial charge in [-0.2, -0.15) is 0 Å². The summed E-state index contributed by atoms with van der Waals surface area (Å²) in [7, 11) is 0. The molecule has 2 aliphatic heterocycles. The van der Waals surface area contributed by atoms with Crippen LogP contribution in [0.25, 0.3) is 0 Å². The molecule has 0 radical (unpaired) electrons. The Bertz CT molecular complexity index is 641. The van der Waals surface area contributed by atoms with Crippen LogP contribution < -0.4 is 5.32 Å². The maximum Gasteiger partial charge on any atom is 0.380 e. The molecule has 2 heterocycles. The molecule has 2 rings (SSSR count). The molecule has 0 spiro atoms. The Morgan fingerprint density at radius 1 is 1.19 bits per heavy atom. The van der Waals surface area contributed by atoms with E-state index >= 15 is 0 Å². The van der Waals surface area contributed by atoms with Gasteiger partial charge in [0, 0.05) is 13.3 Å². The Morgan fingerprint density at radius 2 is 1.81 bits per heavy atom. The number of esters is 2. The predicted octanol–water partition coefficient (Wildman–Crippen LogP) is 0.690. The van der Waals surface area contributed by atoms with E-state index in [0.717, 1.165) is 19.3 Å². The summed E-state index contributed by atoms with van der Waals surface area (Å²) in [6.07, 6.45) is 2.72. The molecule has 10 nitrogen and oxygen atoms in total. The van der Waals surface area contributed by atoms with Crippen molar-refractivity contribution >= 4 is 17.8 Å². The number of hydrogen-bond acceptors (Lipinski definition) is 9. The molecular formula is C22H37NO9. The van der Waals surface area contributed by atoms with Gasteiger partial charge in [-0.25, -0.2) is 4.79 Å². The standard InChI is InChI=1S/C22H37NO9/c1-3-4-5-6-7-8-9-10-11-17(28)31-22-12-15(26)18(23-14(2)25)20(32-22)19(16(27)13-24)30-21(22)29/h15-16,18-20,24,26-27H,3-13H2,1-2H3,(H,23,25)/t15-,16+,18+,19+,20+,22-/m0/s1. The molecule has 10 heteroatoms. The van der Waals surface area contributed by atoms with Crippen molar-refractivity contribution in [1.29, 1.82) is 0 Å². The molecule has 0 saturated carbocycles. The van der Waals surface area contributed by atoms with Crippen molar-refractivity contribution in [2.45, 2.75) is 114 Å². The van der Waals surface area contributed by atoms with Crippen LogP contribution in [0.15, 0.2) is 0 Å². The number of nitrogens with one attached hydrogen (secondary N) is 1. The number of carbonyl (C=O) groups is 3. The van der Waals surface area contributed by atoms with Gasteiger partial charge in [-0.3, -0.25) is 9.59 Å². The Hall–Kier alpha value is -1.75. The topological polar surface area (TPSA) is 152 Å². The van der Waals surface area contributed by atoms with Gasteiger partial charge >= 0.3 is 17.7 Å².